The fourth-order valence-corrected chi connectivity index (χ4v) is 4.75. The van der Waals surface area contributed by atoms with Gasteiger partial charge in [-0.05, 0) is 39.0 Å². The summed E-state index contributed by atoms with van der Waals surface area (Å²) in [5.74, 6) is -0.407. The fraction of sp³-hybridized carbons (Fsp3) is 0.348. The molecule has 10 nitrogen and oxygen atoms in total. The van der Waals surface area contributed by atoms with E-state index < -0.39 is 15.4 Å². The number of hydrogen-bond donors (Lipinski definition) is 2. The van der Waals surface area contributed by atoms with Gasteiger partial charge in [-0.3, -0.25) is 14.4 Å². The first kappa shape index (κ1) is 23.6. The van der Waals surface area contributed by atoms with Crippen molar-refractivity contribution in [2.24, 2.45) is 7.05 Å². The van der Waals surface area contributed by atoms with Crippen LogP contribution in [0.3, 0.4) is 0 Å². The molecule has 4 rings (SSSR count). The summed E-state index contributed by atoms with van der Waals surface area (Å²) >= 11 is 0. The van der Waals surface area contributed by atoms with E-state index in [-0.39, 0.29) is 33.3 Å². The van der Waals surface area contributed by atoms with E-state index in [0.29, 0.717) is 34.6 Å². The second kappa shape index (κ2) is 7.73. The van der Waals surface area contributed by atoms with E-state index in [2.05, 4.69) is 10.3 Å². The van der Waals surface area contributed by atoms with Gasteiger partial charge in [0.25, 0.3) is 17.4 Å². The van der Waals surface area contributed by atoms with Gasteiger partial charge in [-0.1, -0.05) is 0 Å². The summed E-state index contributed by atoms with van der Waals surface area (Å²) in [5, 5.41) is 2.95. The number of anilines is 1. The van der Waals surface area contributed by atoms with Crippen LogP contribution in [-0.2, 0) is 21.7 Å². The molecule has 1 aliphatic rings. The molecule has 0 unspecified atom stereocenters. The second-order valence-corrected chi connectivity index (χ2v) is 10.9. The lowest BCUT2D eigenvalue weighted by atomic mass is 9.98. The molecule has 2 N–H and O–H groups in total. The zero-order chi connectivity index (χ0) is 25.2. The van der Waals surface area contributed by atoms with Crippen molar-refractivity contribution in [3.05, 3.63) is 40.4 Å². The maximum Gasteiger partial charge on any atom is 0.270 e. The predicted octanol–water partition coefficient (Wildman–Crippen LogP) is 1.82. The largest absolute Gasteiger partial charge is 0.475 e. The Labute approximate surface area is 196 Å². The Kier molecular flexibility index (Phi) is 5.35. The highest BCUT2D eigenvalue weighted by Crippen LogP contribution is 2.46. The third-order valence-corrected chi connectivity index (χ3v) is 6.93. The van der Waals surface area contributed by atoms with Gasteiger partial charge in [0.05, 0.1) is 21.5 Å². The monoisotopic (exact) mass is 486 g/mol. The average Bonchev–Trinajstić information content (AvgIpc) is 3.20. The molecule has 1 aliphatic heterocycles. The first-order valence-electron chi connectivity index (χ1n) is 10.6. The molecule has 0 spiro atoms. The van der Waals surface area contributed by atoms with Crippen LogP contribution in [0, 0.1) is 0 Å². The number of fused-ring (bicyclic) bond motifs is 2. The van der Waals surface area contributed by atoms with Crippen molar-refractivity contribution < 1.29 is 22.7 Å². The summed E-state index contributed by atoms with van der Waals surface area (Å²) in [6, 6.07) is 4.33. The summed E-state index contributed by atoms with van der Waals surface area (Å²) in [7, 11) is -0.538. The zero-order valence-electron chi connectivity index (χ0n) is 19.8. The molecule has 11 heteroatoms. The van der Waals surface area contributed by atoms with Gasteiger partial charge in [0, 0.05) is 44.2 Å². The van der Waals surface area contributed by atoms with Crippen LogP contribution in [-0.4, -0.2) is 55.2 Å². The van der Waals surface area contributed by atoms with Gasteiger partial charge in [0.15, 0.2) is 21.2 Å². The molecular formula is C23H26N4O6S. The van der Waals surface area contributed by atoms with Gasteiger partial charge in [-0.15, -0.1) is 0 Å². The summed E-state index contributed by atoms with van der Waals surface area (Å²) in [4.78, 5) is 42.5. The smallest absolute Gasteiger partial charge is 0.270 e. The van der Waals surface area contributed by atoms with E-state index in [0.717, 1.165) is 6.26 Å². The molecule has 0 saturated carbocycles. The second-order valence-electron chi connectivity index (χ2n) is 8.86. The van der Waals surface area contributed by atoms with E-state index in [4.69, 9.17) is 4.74 Å². The number of benzene rings is 1. The number of aryl methyl sites for hydroxylation is 1. The van der Waals surface area contributed by atoms with Gasteiger partial charge in [0.1, 0.15) is 5.69 Å². The Morgan fingerprint density at radius 1 is 1.15 bits per heavy atom. The Bertz CT molecular complexity index is 1530. The standard InChI is InChI=1S/C23H26N4O6S/c1-7-24-20(28)16-10-14-18(25-16)15(11-26(4)21(14)29)13-8-12(34(6,31)32)9-17-19(13)33-23(2,3)22(30)27(17)5/h8-11,25H,7H2,1-6H3,(H,24,28). The van der Waals surface area contributed by atoms with Crippen LogP contribution in [0.2, 0.25) is 0 Å². The summed E-state index contributed by atoms with van der Waals surface area (Å²) in [5.41, 5.74) is 0.140. The maximum atomic E-state index is 12.8. The molecule has 0 radical (unpaired) electrons. The third kappa shape index (κ3) is 3.65. The number of sulfone groups is 1. The molecule has 0 atom stereocenters. The molecule has 1 aromatic carbocycles. The highest BCUT2D eigenvalue weighted by molar-refractivity contribution is 7.90. The number of nitrogens with one attached hydrogen (secondary N) is 2. The Morgan fingerprint density at radius 2 is 1.82 bits per heavy atom. The van der Waals surface area contributed by atoms with Crippen molar-refractivity contribution in [3.63, 3.8) is 0 Å². The molecule has 3 heterocycles. The van der Waals surface area contributed by atoms with Crippen molar-refractivity contribution in [2.45, 2.75) is 31.3 Å². The van der Waals surface area contributed by atoms with Crippen molar-refractivity contribution >= 4 is 38.2 Å². The zero-order valence-corrected chi connectivity index (χ0v) is 20.6. The van der Waals surface area contributed by atoms with Gasteiger partial charge in [-0.25, -0.2) is 8.42 Å². The SMILES string of the molecule is CCNC(=O)c1cc2c(=O)n(C)cc(-c3cc(S(C)(=O)=O)cc4c3OC(C)(C)C(=O)N4C)c2[nH]1. The average molecular weight is 487 g/mol. The first-order chi connectivity index (χ1) is 15.8. The lowest BCUT2D eigenvalue weighted by molar-refractivity contribution is -0.132. The van der Waals surface area contributed by atoms with Gasteiger partial charge < -0.3 is 24.5 Å². The number of carbonyl (C=O) groups excluding carboxylic acids is 2. The van der Waals surface area contributed by atoms with Crippen molar-refractivity contribution in [3.8, 4) is 16.9 Å². The number of H-pyrrole nitrogens is 1. The fourth-order valence-electron chi connectivity index (χ4n) is 4.10. The van der Waals surface area contributed by atoms with Crippen LogP contribution in [0.1, 0.15) is 31.3 Å². The van der Waals surface area contributed by atoms with Crippen LogP contribution in [0.5, 0.6) is 5.75 Å². The normalized spacial score (nSPS) is 15.2. The molecule has 34 heavy (non-hydrogen) atoms. The van der Waals surface area contributed by atoms with E-state index >= 15 is 0 Å². The van der Waals surface area contributed by atoms with E-state index in [1.807, 2.05) is 0 Å². The lowest BCUT2D eigenvalue weighted by Gasteiger charge is -2.38. The molecule has 2 amide bonds. The number of nitrogens with zero attached hydrogens (tertiary/aromatic N) is 2. The van der Waals surface area contributed by atoms with E-state index in [9.17, 15) is 22.8 Å². The molecule has 0 aliphatic carbocycles. The van der Waals surface area contributed by atoms with Crippen LogP contribution in [0.4, 0.5) is 5.69 Å². The maximum absolute atomic E-state index is 12.8. The Morgan fingerprint density at radius 3 is 2.44 bits per heavy atom. The van der Waals surface area contributed by atoms with Gasteiger partial charge in [-0.2, -0.15) is 0 Å². The minimum atomic E-state index is -3.66. The first-order valence-corrected chi connectivity index (χ1v) is 12.5. The number of aromatic amines is 1. The molecule has 3 aromatic rings. The lowest BCUT2D eigenvalue weighted by Crippen LogP contribution is -2.51. The number of aromatic nitrogens is 2. The number of amides is 2. The molecule has 0 saturated heterocycles. The van der Waals surface area contributed by atoms with Gasteiger partial charge in [0.2, 0.25) is 0 Å². The molecule has 2 aromatic heterocycles. The van der Waals surface area contributed by atoms with E-state index in [1.54, 1.807) is 41.1 Å². The Balaban J connectivity index is 2.11. The van der Waals surface area contributed by atoms with Crippen LogP contribution < -0.4 is 20.5 Å². The molecule has 0 fully saturated rings. The number of carbonyl (C=O) groups is 2. The number of likely N-dealkylation sites (N-methyl/N-ethyl adjacent to an activating group) is 1. The summed E-state index contributed by atoms with van der Waals surface area (Å²) in [6.45, 7) is 5.44. The predicted molar refractivity (Wildman–Crippen MR) is 128 cm³/mol. The minimum absolute atomic E-state index is 0.0123. The summed E-state index contributed by atoms with van der Waals surface area (Å²) < 4.78 is 32.5. The minimum Gasteiger partial charge on any atom is -0.475 e. The number of hydrogen-bond acceptors (Lipinski definition) is 6. The highest BCUT2D eigenvalue weighted by Gasteiger charge is 2.41. The number of pyridine rings is 1. The highest BCUT2D eigenvalue weighted by atomic mass is 32.2. The topological polar surface area (TPSA) is 131 Å². The third-order valence-electron chi connectivity index (χ3n) is 5.84. The quantitative estimate of drug-likeness (QED) is 0.579. The van der Waals surface area contributed by atoms with Crippen molar-refractivity contribution in [1.82, 2.24) is 14.9 Å². The molecule has 0 bridgehead atoms. The Hall–Kier alpha value is -3.60. The van der Waals surface area contributed by atoms with Crippen LogP contribution in [0.15, 0.2) is 34.1 Å². The van der Waals surface area contributed by atoms with Crippen molar-refractivity contribution in [1.29, 1.82) is 0 Å². The van der Waals surface area contributed by atoms with Crippen molar-refractivity contribution in [2.75, 3.05) is 24.7 Å². The number of rotatable bonds is 4. The van der Waals surface area contributed by atoms with E-state index in [1.165, 1.54) is 27.7 Å². The van der Waals surface area contributed by atoms with Crippen LogP contribution in [0.25, 0.3) is 22.0 Å². The molecular weight excluding hydrogens is 460 g/mol. The molecule has 180 valence electrons. The number of ether oxygens (including phenoxy) is 1. The summed E-state index contributed by atoms with van der Waals surface area (Å²) in [6.07, 6.45) is 2.63. The van der Waals surface area contributed by atoms with Gasteiger partial charge >= 0.3 is 0 Å². The van der Waals surface area contributed by atoms with Crippen LogP contribution >= 0.6 is 0 Å².